The third-order valence-electron chi connectivity index (χ3n) is 6.50. The lowest BCUT2D eigenvalue weighted by molar-refractivity contribution is -0.118. The maximum Gasteiger partial charge on any atom is 0.387 e. The molecule has 1 fully saturated rings. The zero-order valence-electron chi connectivity index (χ0n) is 21.1. The van der Waals surface area contributed by atoms with Crippen LogP contribution in [0.3, 0.4) is 0 Å². The van der Waals surface area contributed by atoms with E-state index in [0.717, 1.165) is 6.07 Å². The molecule has 0 unspecified atom stereocenters. The van der Waals surface area contributed by atoms with Gasteiger partial charge >= 0.3 is 6.61 Å². The van der Waals surface area contributed by atoms with Gasteiger partial charge in [-0.15, -0.1) is 0 Å². The van der Waals surface area contributed by atoms with Gasteiger partial charge in [-0.1, -0.05) is 6.07 Å². The molecule has 1 aliphatic rings. The van der Waals surface area contributed by atoms with Gasteiger partial charge < -0.3 is 29.4 Å². The van der Waals surface area contributed by atoms with Crippen molar-refractivity contribution in [3.8, 4) is 11.5 Å². The van der Waals surface area contributed by atoms with Crippen LogP contribution in [0.2, 0.25) is 0 Å². The number of amides is 2. The fourth-order valence-electron chi connectivity index (χ4n) is 4.59. The van der Waals surface area contributed by atoms with Crippen molar-refractivity contribution in [3.05, 3.63) is 87.6 Å². The highest BCUT2D eigenvalue weighted by Crippen LogP contribution is 2.35. The summed E-state index contributed by atoms with van der Waals surface area (Å²) in [6.07, 6.45) is 1.50. The Morgan fingerprint density at radius 2 is 1.82 bits per heavy atom. The van der Waals surface area contributed by atoms with E-state index >= 15 is 4.39 Å². The Labute approximate surface area is 221 Å². The number of anilines is 1. The highest BCUT2D eigenvalue weighted by molar-refractivity contribution is 6.05. The number of carbonyl (C=O) groups is 2. The van der Waals surface area contributed by atoms with E-state index in [1.807, 2.05) is 0 Å². The van der Waals surface area contributed by atoms with Gasteiger partial charge in [0.1, 0.15) is 29.0 Å². The van der Waals surface area contributed by atoms with E-state index in [0.29, 0.717) is 5.56 Å². The van der Waals surface area contributed by atoms with E-state index in [1.165, 1.54) is 59.2 Å². The van der Waals surface area contributed by atoms with Crippen molar-refractivity contribution in [2.24, 2.45) is 0 Å². The standard InChI is InChI=1S/C27H26F3N3O6/c1-15-9-10-32(11-12-34)26(37)23(15)33-14-20(19-8-7-18(38-2)13-21(19)28)22(25(33)36)31-24(35)16-3-5-17(6-4-16)39-27(29)30/h3-10,13,20,22,27,34H,11-12,14H2,1-2H3,(H,31,35)/t20-,22-/m0/s1. The van der Waals surface area contributed by atoms with Crippen molar-refractivity contribution in [1.29, 1.82) is 0 Å². The van der Waals surface area contributed by atoms with Gasteiger partial charge in [0.15, 0.2) is 0 Å². The number of hydrogen-bond donors (Lipinski definition) is 2. The molecule has 206 valence electrons. The normalized spacial score (nSPS) is 17.0. The SMILES string of the molecule is COc1ccc([C@@H]2CN(c3c(C)ccn(CCO)c3=O)C(=O)[C@H]2NC(=O)c2ccc(OC(F)F)cc2)c(F)c1. The van der Waals surface area contributed by atoms with Crippen LogP contribution in [0.5, 0.6) is 11.5 Å². The van der Waals surface area contributed by atoms with E-state index in [9.17, 15) is 28.3 Å². The maximum absolute atomic E-state index is 15.2. The number of halogens is 3. The minimum Gasteiger partial charge on any atom is -0.497 e. The Morgan fingerprint density at radius 1 is 1.13 bits per heavy atom. The summed E-state index contributed by atoms with van der Waals surface area (Å²) < 4.78 is 50.7. The van der Waals surface area contributed by atoms with Crippen molar-refractivity contribution in [2.45, 2.75) is 32.0 Å². The lowest BCUT2D eigenvalue weighted by Crippen LogP contribution is -2.44. The molecule has 2 heterocycles. The molecule has 2 aromatic carbocycles. The van der Waals surface area contributed by atoms with E-state index < -0.39 is 41.8 Å². The summed E-state index contributed by atoms with van der Waals surface area (Å²) in [6.45, 7) is -1.79. The van der Waals surface area contributed by atoms with Gasteiger partial charge in [0, 0.05) is 36.8 Å². The molecule has 2 N–H and O–H groups in total. The summed E-state index contributed by atoms with van der Waals surface area (Å²) in [5.41, 5.74) is 0.200. The summed E-state index contributed by atoms with van der Waals surface area (Å²) >= 11 is 0. The van der Waals surface area contributed by atoms with Crippen LogP contribution < -0.4 is 25.2 Å². The second kappa shape index (κ2) is 11.6. The monoisotopic (exact) mass is 545 g/mol. The van der Waals surface area contributed by atoms with Crippen LogP contribution in [0, 0.1) is 12.7 Å². The quantitative estimate of drug-likeness (QED) is 0.428. The fourth-order valence-corrected chi connectivity index (χ4v) is 4.59. The fraction of sp³-hybridized carbons (Fsp3) is 0.296. The third kappa shape index (κ3) is 5.75. The van der Waals surface area contributed by atoms with Crippen LogP contribution in [-0.4, -0.2) is 54.4 Å². The number of aliphatic hydroxyl groups is 1. The van der Waals surface area contributed by atoms with Gasteiger partial charge in [0.05, 0.1) is 13.7 Å². The molecule has 1 aliphatic heterocycles. The number of aromatic nitrogens is 1. The van der Waals surface area contributed by atoms with E-state index in [4.69, 9.17) is 4.74 Å². The molecule has 4 rings (SSSR count). The van der Waals surface area contributed by atoms with Gasteiger partial charge in [-0.2, -0.15) is 8.78 Å². The first-order valence-electron chi connectivity index (χ1n) is 12.0. The number of rotatable bonds is 9. The van der Waals surface area contributed by atoms with Crippen molar-refractivity contribution in [1.82, 2.24) is 9.88 Å². The molecule has 0 radical (unpaired) electrons. The van der Waals surface area contributed by atoms with E-state index in [2.05, 4.69) is 10.1 Å². The third-order valence-corrected chi connectivity index (χ3v) is 6.50. The summed E-state index contributed by atoms with van der Waals surface area (Å²) in [6, 6.07) is 9.36. The molecule has 0 bridgehead atoms. The number of alkyl halides is 2. The number of methoxy groups -OCH3 is 1. The van der Waals surface area contributed by atoms with Gasteiger partial charge in [0.2, 0.25) is 5.91 Å². The average Bonchev–Trinajstić information content (AvgIpc) is 3.21. The number of pyridine rings is 1. The van der Waals surface area contributed by atoms with E-state index in [-0.39, 0.29) is 48.0 Å². The molecule has 12 heteroatoms. The predicted molar refractivity (Wildman–Crippen MR) is 135 cm³/mol. The van der Waals surface area contributed by atoms with Gasteiger partial charge in [-0.05, 0) is 54.4 Å². The summed E-state index contributed by atoms with van der Waals surface area (Å²) in [4.78, 5) is 41.2. The number of hydrogen-bond acceptors (Lipinski definition) is 6. The van der Waals surface area contributed by atoms with Crippen molar-refractivity contribution < 1.29 is 37.3 Å². The van der Waals surface area contributed by atoms with Gasteiger partial charge in [-0.3, -0.25) is 14.4 Å². The number of ether oxygens (including phenoxy) is 2. The zero-order valence-corrected chi connectivity index (χ0v) is 21.1. The Hall–Kier alpha value is -4.32. The molecule has 2 atom stereocenters. The Morgan fingerprint density at radius 3 is 2.44 bits per heavy atom. The molecule has 9 nitrogen and oxygen atoms in total. The molecule has 3 aromatic rings. The zero-order chi connectivity index (χ0) is 28.3. The number of aryl methyl sites for hydroxylation is 1. The molecule has 0 aliphatic carbocycles. The molecule has 0 spiro atoms. The Balaban J connectivity index is 1.71. The maximum atomic E-state index is 15.2. The average molecular weight is 546 g/mol. The highest BCUT2D eigenvalue weighted by atomic mass is 19.3. The van der Waals surface area contributed by atoms with Gasteiger partial charge in [0.25, 0.3) is 11.5 Å². The molecular weight excluding hydrogens is 519 g/mol. The second-order valence-electron chi connectivity index (χ2n) is 8.87. The Bertz CT molecular complexity index is 1430. The largest absolute Gasteiger partial charge is 0.497 e. The van der Waals surface area contributed by atoms with Gasteiger partial charge in [-0.25, -0.2) is 4.39 Å². The van der Waals surface area contributed by atoms with Crippen LogP contribution in [0.15, 0.2) is 59.5 Å². The van der Waals surface area contributed by atoms with Crippen LogP contribution in [0.1, 0.15) is 27.4 Å². The van der Waals surface area contributed by atoms with Crippen molar-refractivity contribution in [3.63, 3.8) is 0 Å². The smallest absolute Gasteiger partial charge is 0.387 e. The molecule has 2 amide bonds. The molecule has 39 heavy (non-hydrogen) atoms. The predicted octanol–water partition coefficient (Wildman–Crippen LogP) is 2.83. The second-order valence-corrected chi connectivity index (χ2v) is 8.87. The molecular formula is C27H26F3N3O6. The summed E-state index contributed by atoms with van der Waals surface area (Å²) in [5.74, 6) is -2.79. The van der Waals surface area contributed by atoms with Crippen LogP contribution in [0.25, 0.3) is 0 Å². The summed E-state index contributed by atoms with van der Waals surface area (Å²) in [7, 11) is 1.38. The first kappa shape index (κ1) is 27.7. The molecule has 0 saturated carbocycles. The molecule has 1 aromatic heterocycles. The minimum atomic E-state index is -3.03. The lowest BCUT2D eigenvalue weighted by Gasteiger charge is -2.20. The minimum absolute atomic E-state index is 0.0100. The topological polar surface area (TPSA) is 110 Å². The lowest BCUT2D eigenvalue weighted by atomic mass is 9.93. The van der Waals surface area contributed by atoms with Crippen LogP contribution in [-0.2, 0) is 11.3 Å². The number of nitrogens with zero attached hydrogens (tertiary/aromatic N) is 2. The first-order chi connectivity index (χ1) is 18.6. The number of benzene rings is 2. The number of carbonyl (C=O) groups excluding carboxylic acids is 2. The number of aliphatic hydroxyl groups excluding tert-OH is 1. The number of nitrogens with one attached hydrogen (secondary N) is 1. The van der Waals surface area contributed by atoms with Crippen LogP contribution in [0.4, 0.5) is 18.9 Å². The Kier molecular flexibility index (Phi) is 8.24. The highest BCUT2D eigenvalue weighted by Gasteiger charge is 2.45. The van der Waals surface area contributed by atoms with Crippen molar-refractivity contribution in [2.75, 3.05) is 25.2 Å². The van der Waals surface area contributed by atoms with E-state index in [1.54, 1.807) is 13.0 Å². The summed E-state index contributed by atoms with van der Waals surface area (Å²) in [5, 5.41) is 11.9. The van der Waals surface area contributed by atoms with Crippen molar-refractivity contribution >= 4 is 17.5 Å². The first-order valence-corrected chi connectivity index (χ1v) is 12.0. The molecule has 1 saturated heterocycles. The van der Waals surface area contributed by atoms with Crippen LogP contribution >= 0.6 is 0 Å².